The summed E-state index contributed by atoms with van der Waals surface area (Å²) in [7, 11) is 3.38. The first-order valence-corrected chi connectivity index (χ1v) is 11.0. The molecule has 2 amide bonds. The fourth-order valence-electron chi connectivity index (χ4n) is 2.94. The van der Waals surface area contributed by atoms with Gasteiger partial charge in [-0.05, 0) is 67.2 Å². The number of hydrogen-bond donors (Lipinski definition) is 1. The van der Waals surface area contributed by atoms with Crippen LogP contribution < -0.4 is 5.32 Å². The molecule has 0 aliphatic heterocycles. The van der Waals surface area contributed by atoms with Crippen LogP contribution in [0, 0.1) is 12.7 Å². The van der Waals surface area contributed by atoms with E-state index in [1.54, 1.807) is 49.1 Å². The van der Waals surface area contributed by atoms with Gasteiger partial charge in [0.15, 0.2) is 0 Å². The molecule has 0 unspecified atom stereocenters. The fraction of sp³-hybridized carbons (Fsp3) is 0.136. The second-order valence-corrected chi connectivity index (χ2v) is 9.10. The number of rotatable bonds is 4. The van der Waals surface area contributed by atoms with Gasteiger partial charge < -0.3 is 10.2 Å². The van der Waals surface area contributed by atoms with Gasteiger partial charge in [-0.25, -0.2) is 9.07 Å². The van der Waals surface area contributed by atoms with Gasteiger partial charge in [0.05, 0.1) is 16.3 Å². The number of carbonyl (C=O) groups excluding carboxylic acids is 2. The van der Waals surface area contributed by atoms with Crippen LogP contribution in [0.1, 0.15) is 15.4 Å². The monoisotopic (exact) mass is 454 g/mol. The minimum atomic E-state index is -0.317. The lowest BCUT2D eigenvalue weighted by molar-refractivity contribution is 0.103. The van der Waals surface area contributed by atoms with E-state index in [1.807, 2.05) is 19.1 Å². The molecule has 0 saturated carbocycles. The van der Waals surface area contributed by atoms with Crippen molar-refractivity contribution in [3.63, 3.8) is 0 Å². The van der Waals surface area contributed by atoms with Crippen molar-refractivity contribution in [3.05, 3.63) is 71.0 Å². The Balaban J connectivity index is 1.58. The largest absolute Gasteiger partial charge is 0.339 e. The van der Waals surface area contributed by atoms with E-state index in [-0.39, 0.29) is 17.0 Å². The van der Waals surface area contributed by atoms with Crippen molar-refractivity contribution < 1.29 is 14.0 Å². The summed E-state index contributed by atoms with van der Waals surface area (Å²) in [6.45, 7) is 1.87. The Kier molecular flexibility index (Phi) is 5.79. The van der Waals surface area contributed by atoms with E-state index in [2.05, 4.69) is 10.4 Å². The zero-order chi connectivity index (χ0) is 22.1. The van der Waals surface area contributed by atoms with Crippen LogP contribution in [0.25, 0.3) is 15.9 Å². The zero-order valence-electron chi connectivity index (χ0n) is 17.0. The highest BCUT2D eigenvalue weighted by Crippen LogP contribution is 2.31. The number of aromatic nitrogens is 2. The van der Waals surface area contributed by atoms with Crippen LogP contribution in [-0.2, 0) is 0 Å². The summed E-state index contributed by atoms with van der Waals surface area (Å²) in [4.78, 5) is 28.4. The van der Waals surface area contributed by atoms with Crippen LogP contribution >= 0.6 is 23.1 Å². The van der Waals surface area contributed by atoms with E-state index < -0.39 is 0 Å². The standard InChI is InChI=1S/C22H19FN4O2S2/c1-13-18-12-19(31-21(18)27(25-13)16-9-7-14(23)8-10-16)20(28)24-15-5-4-6-17(11-15)30-22(29)26(2)3/h4-12H,1-3H3,(H,24,28). The predicted molar refractivity (Wildman–Crippen MR) is 123 cm³/mol. The van der Waals surface area contributed by atoms with E-state index in [9.17, 15) is 14.0 Å². The van der Waals surface area contributed by atoms with Gasteiger partial charge in [-0.1, -0.05) is 6.07 Å². The molecule has 4 aromatic rings. The van der Waals surface area contributed by atoms with Crippen LogP contribution in [-0.4, -0.2) is 39.9 Å². The number of thioether (sulfide) groups is 1. The van der Waals surface area contributed by atoms with Crippen molar-refractivity contribution in [2.45, 2.75) is 11.8 Å². The van der Waals surface area contributed by atoms with E-state index in [1.165, 1.54) is 28.4 Å². The topological polar surface area (TPSA) is 67.2 Å². The molecule has 0 aliphatic carbocycles. The Bertz CT molecular complexity index is 1280. The van der Waals surface area contributed by atoms with Crippen LogP contribution in [0.4, 0.5) is 14.9 Å². The molecule has 2 heterocycles. The average molecular weight is 455 g/mol. The molecule has 9 heteroatoms. The van der Waals surface area contributed by atoms with Gasteiger partial charge >= 0.3 is 0 Å². The van der Waals surface area contributed by atoms with E-state index >= 15 is 0 Å². The molecule has 2 aromatic heterocycles. The van der Waals surface area contributed by atoms with Crippen molar-refractivity contribution >= 4 is 50.1 Å². The Labute approximate surface area is 186 Å². The molecule has 0 fully saturated rings. The summed E-state index contributed by atoms with van der Waals surface area (Å²) < 4.78 is 15.0. The first-order chi connectivity index (χ1) is 14.8. The van der Waals surface area contributed by atoms with Crippen molar-refractivity contribution in [1.82, 2.24) is 14.7 Å². The number of aryl methyl sites for hydroxylation is 1. The summed E-state index contributed by atoms with van der Waals surface area (Å²) in [6, 6.07) is 15.0. The molecule has 0 radical (unpaired) electrons. The Morgan fingerprint density at radius 3 is 2.58 bits per heavy atom. The lowest BCUT2D eigenvalue weighted by Gasteiger charge is -2.10. The van der Waals surface area contributed by atoms with Gasteiger partial charge in [-0.15, -0.1) is 11.3 Å². The van der Waals surface area contributed by atoms with Gasteiger partial charge in [0.2, 0.25) is 0 Å². The minimum Gasteiger partial charge on any atom is -0.339 e. The lowest BCUT2D eigenvalue weighted by atomic mass is 10.3. The van der Waals surface area contributed by atoms with E-state index in [0.29, 0.717) is 10.6 Å². The summed E-state index contributed by atoms with van der Waals surface area (Å²) in [5, 5.41) is 8.20. The maximum Gasteiger partial charge on any atom is 0.285 e. The third-order valence-corrected chi connectivity index (χ3v) is 6.64. The number of fused-ring (bicyclic) bond motifs is 1. The molecule has 158 valence electrons. The summed E-state index contributed by atoms with van der Waals surface area (Å²) >= 11 is 2.42. The van der Waals surface area contributed by atoms with Crippen molar-refractivity contribution in [2.24, 2.45) is 0 Å². The Morgan fingerprint density at radius 1 is 1.13 bits per heavy atom. The maximum absolute atomic E-state index is 13.3. The van der Waals surface area contributed by atoms with Crippen LogP contribution in [0.15, 0.2) is 59.5 Å². The molecule has 4 rings (SSSR count). The highest BCUT2D eigenvalue weighted by Gasteiger charge is 2.18. The van der Waals surface area contributed by atoms with Gasteiger partial charge in [0, 0.05) is 30.1 Å². The smallest absolute Gasteiger partial charge is 0.285 e. The normalized spacial score (nSPS) is 11.0. The van der Waals surface area contributed by atoms with Crippen molar-refractivity contribution in [2.75, 3.05) is 19.4 Å². The molecule has 0 aliphatic rings. The maximum atomic E-state index is 13.3. The number of halogens is 1. The minimum absolute atomic E-state index is 0.0891. The molecule has 31 heavy (non-hydrogen) atoms. The van der Waals surface area contributed by atoms with E-state index in [0.717, 1.165) is 38.3 Å². The molecule has 6 nitrogen and oxygen atoms in total. The van der Waals surface area contributed by atoms with Gasteiger partial charge in [-0.3, -0.25) is 9.59 Å². The molecule has 0 bridgehead atoms. The summed E-state index contributed by atoms with van der Waals surface area (Å²) in [5.41, 5.74) is 2.12. The average Bonchev–Trinajstić information content (AvgIpc) is 3.30. The van der Waals surface area contributed by atoms with E-state index in [4.69, 9.17) is 0 Å². The van der Waals surface area contributed by atoms with Gasteiger partial charge in [0.1, 0.15) is 10.6 Å². The molecule has 0 atom stereocenters. The SMILES string of the molecule is Cc1nn(-c2ccc(F)cc2)c2sc(C(=O)Nc3cccc(SC(=O)N(C)C)c3)cc12. The fourth-order valence-corrected chi connectivity index (χ4v) is 4.73. The number of nitrogens with zero attached hydrogens (tertiary/aromatic N) is 3. The summed E-state index contributed by atoms with van der Waals surface area (Å²) in [6.07, 6.45) is 0. The number of nitrogens with one attached hydrogen (secondary N) is 1. The summed E-state index contributed by atoms with van der Waals surface area (Å²) in [5.74, 6) is -0.560. The molecular weight excluding hydrogens is 435 g/mol. The van der Waals surface area contributed by atoms with Crippen LogP contribution in [0.3, 0.4) is 0 Å². The van der Waals surface area contributed by atoms with Crippen LogP contribution in [0.5, 0.6) is 0 Å². The highest BCUT2D eigenvalue weighted by atomic mass is 32.2. The van der Waals surface area contributed by atoms with Crippen LogP contribution in [0.2, 0.25) is 0 Å². The number of benzene rings is 2. The first kappa shape index (κ1) is 21.1. The Hall–Kier alpha value is -3.17. The third kappa shape index (κ3) is 4.47. The molecular formula is C22H19FN4O2S2. The third-order valence-electron chi connectivity index (χ3n) is 4.50. The van der Waals surface area contributed by atoms with Gasteiger partial charge in [-0.2, -0.15) is 5.10 Å². The van der Waals surface area contributed by atoms with Crippen molar-refractivity contribution in [1.29, 1.82) is 0 Å². The molecule has 0 saturated heterocycles. The number of thiophene rings is 1. The lowest BCUT2D eigenvalue weighted by Crippen LogP contribution is -2.16. The molecule has 1 N–H and O–H groups in total. The van der Waals surface area contributed by atoms with Crippen molar-refractivity contribution in [3.8, 4) is 5.69 Å². The second-order valence-electron chi connectivity index (χ2n) is 7.05. The number of amides is 2. The Morgan fingerprint density at radius 2 is 1.87 bits per heavy atom. The molecule has 0 spiro atoms. The number of hydrogen-bond acceptors (Lipinski definition) is 5. The molecule has 2 aromatic carbocycles. The quantitative estimate of drug-likeness (QED) is 0.410. The zero-order valence-corrected chi connectivity index (χ0v) is 18.7. The number of carbonyl (C=O) groups is 2. The number of anilines is 1. The predicted octanol–water partition coefficient (Wildman–Crippen LogP) is 5.56. The van der Waals surface area contributed by atoms with Gasteiger partial charge in [0.25, 0.3) is 11.1 Å². The highest BCUT2D eigenvalue weighted by molar-refractivity contribution is 8.13. The second kappa shape index (κ2) is 8.52. The first-order valence-electron chi connectivity index (χ1n) is 9.37.